The topological polar surface area (TPSA) is 126 Å². The number of anilines is 1. The van der Waals surface area contributed by atoms with Gasteiger partial charge in [0.25, 0.3) is 0 Å². The Balaban J connectivity index is 2.00. The zero-order valence-electron chi connectivity index (χ0n) is 9.25. The Morgan fingerprint density at radius 2 is 2.11 bits per heavy atom. The zero-order chi connectivity index (χ0) is 13.0. The molecule has 0 saturated carbocycles. The van der Waals surface area contributed by atoms with Crippen LogP contribution in [0.1, 0.15) is 12.8 Å². The fourth-order valence-corrected chi connectivity index (χ4v) is 2.00. The van der Waals surface area contributed by atoms with Crippen molar-refractivity contribution in [1.82, 2.24) is 20.1 Å². The van der Waals surface area contributed by atoms with Crippen molar-refractivity contribution in [2.24, 2.45) is 0 Å². The van der Waals surface area contributed by atoms with E-state index in [1.807, 2.05) is 0 Å². The third-order valence-electron chi connectivity index (χ3n) is 2.63. The predicted molar refractivity (Wildman–Crippen MR) is 60.3 cm³/mol. The summed E-state index contributed by atoms with van der Waals surface area (Å²) in [4.78, 5) is 23.0. The Hall–Kier alpha value is -1.81. The van der Waals surface area contributed by atoms with Crippen LogP contribution >= 0.6 is 11.5 Å². The highest BCUT2D eigenvalue weighted by molar-refractivity contribution is 7.09. The molecule has 2 amide bonds. The van der Waals surface area contributed by atoms with Crippen molar-refractivity contribution in [1.29, 1.82) is 0 Å². The number of carboxylic acids is 1. The van der Waals surface area contributed by atoms with Crippen LogP contribution in [-0.4, -0.2) is 50.7 Å². The third-order valence-corrected chi connectivity index (χ3v) is 3.14. The summed E-state index contributed by atoms with van der Waals surface area (Å²) in [6, 6.07) is -0.641. The fourth-order valence-electron chi connectivity index (χ4n) is 1.64. The SMILES string of the molecule is O=C(Nc1nnns1)NC1(C(=O)O)CCOCC1. The van der Waals surface area contributed by atoms with E-state index in [1.54, 1.807) is 0 Å². The fraction of sp³-hybridized carbons (Fsp3) is 0.625. The predicted octanol–water partition coefficient (Wildman–Crippen LogP) is -0.312. The number of hydrogen-bond acceptors (Lipinski definition) is 7. The first kappa shape index (κ1) is 12.6. The molecule has 0 aliphatic carbocycles. The first-order valence-corrected chi connectivity index (χ1v) is 5.95. The molecule has 18 heavy (non-hydrogen) atoms. The molecule has 0 atom stereocenters. The van der Waals surface area contributed by atoms with E-state index in [1.165, 1.54) is 0 Å². The van der Waals surface area contributed by atoms with E-state index in [2.05, 4.69) is 25.4 Å². The molecular weight excluding hydrogens is 262 g/mol. The van der Waals surface area contributed by atoms with Crippen LogP contribution in [0.2, 0.25) is 0 Å². The Bertz CT molecular complexity index is 431. The van der Waals surface area contributed by atoms with E-state index in [4.69, 9.17) is 4.74 Å². The first-order chi connectivity index (χ1) is 8.62. The van der Waals surface area contributed by atoms with Crippen LogP contribution in [0, 0.1) is 0 Å². The highest BCUT2D eigenvalue weighted by Gasteiger charge is 2.41. The molecule has 1 aliphatic heterocycles. The molecule has 3 N–H and O–H groups in total. The summed E-state index contributed by atoms with van der Waals surface area (Å²) >= 11 is 0.904. The van der Waals surface area contributed by atoms with Gasteiger partial charge < -0.3 is 15.2 Å². The van der Waals surface area contributed by atoms with E-state index < -0.39 is 17.5 Å². The molecule has 9 nitrogen and oxygen atoms in total. The van der Waals surface area contributed by atoms with Gasteiger partial charge in [-0.3, -0.25) is 5.32 Å². The number of carboxylic acid groups (broad SMARTS) is 1. The van der Waals surface area contributed by atoms with Gasteiger partial charge in [0.1, 0.15) is 5.54 Å². The van der Waals surface area contributed by atoms with Crippen LogP contribution in [0.15, 0.2) is 0 Å². The number of urea groups is 1. The van der Waals surface area contributed by atoms with Gasteiger partial charge in [0, 0.05) is 37.6 Å². The number of aliphatic carboxylic acids is 1. The molecule has 1 aliphatic rings. The number of ether oxygens (including phenoxy) is 1. The van der Waals surface area contributed by atoms with Crippen LogP contribution in [0.5, 0.6) is 0 Å². The second-order valence-electron chi connectivity index (χ2n) is 3.75. The number of carbonyl (C=O) groups is 2. The molecule has 1 saturated heterocycles. The van der Waals surface area contributed by atoms with Gasteiger partial charge in [-0.1, -0.05) is 9.59 Å². The highest BCUT2D eigenvalue weighted by Crippen LogP contribution is 2.21. The van der Waals surface area contributed by atoms with E-state index in [0.29, 0.717) is 13.2 Å². The Kier molecular flexibility index (Phi) is 3.67. The molecule has 0 spiro atoms. The van der Waals surface area contributed by atoms with Gasteiger partial charge in [0.05, 0.1) is 0 Å². The van der Waals surface area contributed by atoms with Crippen molar-refractivity contribution >= 4 is 28.7 Å². The molecule has 1 aromatic heterocycles. The minimum atomic E-state index is -1.29. The molecule has 2 heterocycles. The average molecular weight is 273 g/mol. The lowest BCUT2D eigenvalue weighted by molar-refractivity contribution is -0.148. The van der Waals surface area contributed by atoms with Gasteiger partial charge in [-0.15, -0.1) is 0 Å². The van der Waals surface area contributed by atoms with Crippen molar-refractivity contribution < 1.29 is 19.4 Å². The van der Waals surface area contributed by atoms with E-state index >= 15 is 0 Å². The van der Waals surface area contributed by atoms with Gasteiger partial charge in [-0.25, -0.2) is 9.59 Å². The van der Waals surface area contributed by atoms with Gasteiger partial charge >= 0.3 is 12.0 Å². The Morgan fingerprint density at radius 1 is 1.39 bits per heavy atom. The Morgan fingerprint density at radius 3 is 2.67 bits per heavy atom. The number of amides is 2. The van der Waals surface area contributed by atoms with Gasteiger partial charge in [0.2, 0.25) is 5.13 Å². The molecule has 0 bridgehead atoms. The maximum atomic E-state index is 11.7. The normalized spacial score (nSPS) is 18.0. The zero-order valence-corrected chi connectivity index (χ0v) is 10.1. The lowest BCUT2D eigenvalue weighted by Gasteiger charge is -2.33. The molecular formula is C8H11N5O4S. The first-order valence-electron chi connectivity index (χ1n) is 5.18. The molecule has 98 valence electrons. The lowest BCUT2D eigenvalue weighted by atomic mass is 9.90. The molecule has 2 rings (SSSR count). The second-order valence-corrected chi connectivity index (χ2v) is 4.48. The number of nitrogens with one attached hydrogen (secondary N) is 2. The largest absolute Gasteiger partial charge is 0.480 e. The number of rotatable bonds is 3. The smallest absolute Gasteiger partial charge is 0.329 e. The number of aromatic nitrogens is 3. The molecule has 0 radical (unpaired) electrons. The molecule has 1 fully saturated rings. The van der Waals surface area contributed by atoms with Gasteiger partial charge in [0.15, 0.2) is 0 Å². The van der Waals surface area contributed by atoms with Gasteiger partial charge in [-0.2, -0.15) is 0 Å². The monoisotopic (exact) mass is 273 g/mol. The standard InChI is InChI=1S/C8H11N5O4S/c14-5(15)8(1-3-17-4-2-8)10-6(16)9-7-11-12-13-18-7/h1-4H2,(H,14,15)(H2,9,10,11,13,16). The van der Waals surface area contributed by atoms with E-state index in [9.17, 15) is 14.7 Å². The summed E-state index contributed by atoms with van der Waals surface area (Å²) < 4.78 is 8.57. The highest BCUT2D eigenvalue weighted by atomic mass is 32.1. The summed E-state index contributed by atoms with van der Waals surface area (Å²) in [5.41, 5.74) is -1.29. The quantitative estimate of drug-likeness (QED) is 0.689. The average Bonchev–Trinajstić information content (AvgIpc) is 2.82. The van der Waals surface area contributed by atoms with Crippen molar-refractivity contribution in [2.75, 3.05) is 18.5 Å². The van der Waals surface area contributed by atoms with Crippen LogP contribution in [0.3, 0.4) is 0 Å². The maximum Gasteiger partial charge on any atom is 0.329 e. The Labute approximate surface area is 106 Å². The van der Waals surface area contributed by atoms with Crippen LogP contribution in [-0.2, 0) is 9.53 Å². The summed E-state index contributed by atoms with van der Waals surface area (Å²) in [7, 11) is 0. The third kappa shape index (κ3) is 2.71. The van der Waals surface area contributed by atoms with E-state index in [-0.39, 0.29) is 18.0 Å². The number of nitrogens with zero attached hydrogens (tertiary/aromatic N) is 3. The lowest BCUT2D eigenvalue weighted by Crippen LogP contribution is -2.58. The van der Waals surface area contributed by atoms with Crippen molar-refractivity contribution in [3.05, 3.63) is 0 Å². The minimum absolute atomic E-state index is 0.208. The number of carbonyl (C=O) groups excluding carboxylic acids is 1. The van der Waals surface area contributed by atoms with Crippen LogP contribution in [0.25, 0.3) is 0 Å². The molecule has 0 unspecified atom stereocenters. The summed E-state index contributed by atoms with van der Waals surface area (Å²) in [6.07, 6.45) is 0.453. The van der Waals surface area contributed by atoms with Crippen molar-refractivity contribution in [3.63, 3.8) is 0 Å². The van der Waals surface area contributed by atoms with Crippen molar-refractivity contribution in [2.45, 2.75) is 18.4 Å². The van der Waals surface area contributed by atoms with Gasteiger partial charge in [-0.05, 0) is 5.21 Å². The summed E-state index contributed by atoms with van der Waals surface area (Å²) in [6.45, 7) is 0.597. The molecule has 0 aromatic carbocycles. The minimum Gasteiger partial charge on any atom is -0.480 e. The summed E-state index contributed by atoms with van der Waals surface area (Å²) in [5, 5.41) is 21.1. The second kappa shape index (κ2) is 5.23. The molecule has 1 aromatic rings. The number of hydrogen-bond donors (Lipinski definition) is 3. The van der Waals surface area contributed by atoms with Crippen LogP contribution < -0.4 is 10.6 Å². The summed E-state index contributed by atoms with van der Waals surface area (Å²) in [5.74, 6) is -1.07. The van der Waals surface area contributed by atoms with E-state index in [0.717, 1.165) is 11.5 Å². The van der Waals surface area contributed by atoms with Crippen molar-refractivity contribution in [3.8, 4) is 0 Å². The van der Waals surface area contributed by atoms with Crippen LogP contribution in [0.4, 0.5) is 9.93 Å². The maximum absolute atomic E-state index is 11.7. The molecule has 10 heteroatoms.